The molecule has 0 saturated heterocycles. The summed E-state index contributed by atoms with van der Waals surface area (Å²) in [7, 11) is 1.58. The van der Waals surface area contributed by atoms with E-state index in [1.54, 1.807) is 25.3 Å². The average Bonchev–Trinajstić information content (AvgIpc) is 3.12. The zero-order chi connectivity index (χ0) is 18.5. The molecule has 0 saturated carbocycles. The Labute approximate surface area is 159 Å². The largest absolute Gasteiger partial charge is 0.496 e. The van der Waals surface area contributed by atoms with E-state index < -0.39 is 0 Å². The molecule has 0 atom stereocenters. The predicted molar refractivity (Wildman–Crippen MR) is 102 cm³/mol. The number of thioether (sulfide) groups is 1. The van der Waals surface area contributed by atoms with Gasteiger partial charge in [0.1, 0.15) is 5.75 Å². The van der Waals surface area contributed by atoms with Crippen molar-refractivity contribution < 1.29 is 13.9 Å². The number of nitrogens with one attached hydrogen (secondary N) is 1. The van der Waals surface area contributed by atoms with Crippen LogP contribution >= 0.6 is 23.4 Å². The highest BCUT2D eigenvalue weighted by atomic mass is 35.5. The van der Waals surface area contributed by atoms with Gasteiger partial charge in [0.05, 0.1) is 18.4 Å². The van der Waals surface area contributed by atoms with Crippen LogP contribution in [0.2, 0.25) is 5.02 Å². The zero-order valence-electron chi connectivity index (χ0n) is 14.2. The van der Waals surface area contributed by atoms with Gasteiger partial charge in [-0.25, -0.2) is 0 Å². The van der Waals surface area contributed by atoms with Crippen molar-refractivity contribution >= 4 is 35.0 Å². The molecular weight excluding hydrogens is 374 g/mol. The molecule has 0 bridgehead atoms. The molecule has 134 valence electrons. The smallest absolute Gasteiger partial charge is 0.277 e. The summed E-state index contributed by atoms with van der Waals surface area (Å²) in [6.45, 7) is 1.85. The third kappa shape index (κ3) is 4.17. The van der Waals surface area contributed by atoms with Gasteiger partial charge in [-0.15, -0.1) is 10.2 Å². The molecule has 1 aromatic heterocycles. The number of ether oxygens (including phenoxy) is 1. The van der Waals surface area contributed by atoms with E-state index in [0.29, 0.717) is 33.1 Å². The molecule has 8 heteroatoms. The number of para-hydroxylation sites is 1. The molecule has 1 amide bonds. The third-order valence-electron chi connectivity index (χ3n) is 3.61. The highest BCUT2D eigenvalue weighted by molar-refractivity contribution is 7.99. The third-order valence-corrected chi connectivity index (χ3v) is 4.84. The van der Waals surface area contributed by atoms with Gasteiger partial charge < -0.3 is 14.5 Å². The van der Waals surface area contributed by atoms with Crippen LogP contribution in [0.1, 0.15) is 5.56 Å². The van der Waals surface area contributed by atoms with Crippen molar-refractivity contribution in [2.75, 3.05) is 18.2 Å². The first-order chi connectivity index (χ1) is 12.6. The summed E-state index contributed by atoms with van der Waals surface area (Å²) in [4.78, 5) is 12.1. The fourth-order valence-corrected chi connectivity index (χ4v) is 2.99. The molecule has 0 aliphatic heterocycles. The molecule has 1 N–H and O–H groups in total. The zero-order valence-corrected chi connectivity index (χ0v) is 15.7. The minimum atomic E-state index is -0.183. The van der Waals surface area contributed by atoms with Gasteiger partial charge in [-0.3, -0.25) is 4.79 Å². The summed E-state index contributed by atoms with van der Waals surface area (Å²) in [5.41, 5.74) is 2.21. The second-order valence-corrected chi connectivity index (χ2v) is 6.66. The van der Waals surface area contributed by atoms with Gasteiger partial charge in [0, 0.05) is 10.7 Å². The number of halogens is 1. The molecule has 0 spiro atoms. The van der Waals surface area contributed by atoms with Crippen molar-refractivity contribution in [1.29, 1.82) is 0 Å². The lowest BCUT2D eigenvalue weighted by Crippen LogP contribution is -2.14. The van der Waals surface area contributed by atoms with Gasteiger partial charge in [0.25, 0.3) is 11.1 Å². The molecule has 0 unspecified atom stereocenters. The number of hydrogen-bond donors (Lipinski definition) is 1. The minimum Gasteiger partial charge on any atom is -0.496 e. The molecule has 0 radical (unpaired) electrons. The monoisotopic (exact) mass is 389 g/mol. The molecule has 0 fully saturated rings. The summed E-state index contributed by atoms with van der Waals surface area (Å²) >= 11 is 7.22. The van der Waals surface area contributed by atoms with Crippen molar-refractivity contribution in [2.45, 2.75) is 12.1 Å². The van der Waals surface area contributed by atoms with E-state index in [1.165, 1.54) is 0 Å². The Kier molecular flexibility index (Phi) is 5.80. The number of aromatic nitrogens is 2. The highest BCUT2D eigenvalue weighted by Gasteiger charge is 2.15. The van der Waals surface area contributed by atoms with Crippen LogP contribution in [0, 0.1) is 6.92 Å². The van der Waals surface area contributed by atoms with Crippen LogP contribution in [0.4, 0.5) is 5.69 Å². The molecule has 0 aliphatic rings. The maximum absolute atomic E-state index is 12.1. The van der Waals surface area contributed by atoms with Gasteiger partial charge >= 0.3 is 0 Å². The summed E-state index contributed by atoms with van der Waals surface area (Å²) in [5, 5.41) is 11.7. The number of methoxy groups -OCH3 is 1. The molecule has 0 aliphatic carbocycles. The quantitative estimate of drug-likeness (QED) is 0.628. The predicted octanol–water partition coefficient (Wildman–Crippen LogP) is 4.44. The van der Waals surface area contributed by atoms with Crippen LogP contribution in [0.5, 0.6) is 5.75 Å². The normalized spacial score (nSPS) is 10.6. The Morgan fingerprint density at radius 2 is 2.04 bits per heavy atom. The Morgan fingerprint density at radius 3 is 2.85 bits per heavy atom. The van der Waals surface area contributed by atoms with Crippen LogP contribution < -0.4 is 10.1 Å². The molecule has 3 rings (SSSR count). The van der Waals surface area contributed by atoms with Crippen LogP contribution in [0.25, 0.3) is 11.5 Å². The second kappa shape index (κ2) is 8.25. The van der Waals surface area contributed by atoms with E-state index >= 15 is 0 Å². The van der Waals surface area contributed by atoms with Crippen molar-refractivity contribution in [3.8, 4) is 17.2 Å². The lowest BCUT2D eigenvalue weighted by molar-refractivity contribution is -0.113. The summed E-state index contributed by atoms with van der Waals surface area (Å²) in [5.74, 6) is 0.940. The number of anilines is 1. The maximum Gasteiger partial charge on any atom is 0.277 e. The van der Waals surface area contributed by atoms with E-state index in [9.17, 15) is 4.79 Å². The fourth-order valence-electron chi connectivity index (χ4n) is 2.25. The molecule has 1 heterocycles. The van der Waals surface area contributed by atoms with Gasteiger partial charge in [0.2, 0.25) is 5.91 Å². The molecule has 26 heavy (non-hydrogen) atoms. The van der Waals surface area contributed by atoms with Gasteiger partial charge in [-0.1, -0.05) is 41.6 Å². The number of nitrogens with zero attached hydrogens (tertiary/aromatic N) is 2. The number of rotatable bonds is 6. The fraction of sp³-hybridized carbons (Fsp3) is 0.167. The lowest BCUT2D eigenvalue weighted by Gasteiger charge is -2.08. The molecule has 6 nitrogen and oxygen atoms in total. The van der Waals surface area contributed by atoms with Crippen LogP contribution in [-0.2, 0) is 4.79 Å². The molecule has 2 aromatic carbocycles. The number of carbonyl (C=O) groups excluding carboxylic acids is 1. The van der Waals surface area contributed by atoms with E-state index in [4.69, 9.17) is 20.8 Å². The van der Waals surface area contributed by atoms with Crippen molar-refractivity contribution in [3.05, 3.63) is 53.1 Å². The topological polar surface area (TPSA) is 77.2 Å². The van der Waals surface area contributed by atoms with Crippen LogP contribution in [0.3, 0.4) is 0 Å². The van der Waals surface area contributed by atoms with E-state index in [0.717, 1.165) is 17.3 Å². The van der Waals surface area contributed by atoms with Crippen molar-refractivity contribution in [3.63, 3.8) is 0 Å². The van der Waals surface area contributed by atoms with E-state index in [1.807, 2.05) is 31.2 Å². The first-order valence-electron chi connectivity index (χ1n) is 7.73. The Morgan fingerprint density at radius 1 is 1.23 bits per heavy atom. The maximum atomic E-state index is 12.1. The first-order valence-corrected chi connectivity index (χ1v) is 9.09. The Hall–Kier alpha value is -2.51. The van der Waals surface area contributed by atoms with Gasteiger partial charge in [-0.05, 0) is 36.8 Å². The summed E-state index contributed by atoms with van der Waals surface area (Å²) in [6, 6.07) is 12.7. The molecule has 3 aromatic rings. The highest BCUT2D eigenvalue weighted by Crippen LogP contribution is 2.30. The van der Waals surface area contributed by atoms with Crippen LogP contribution in [-0.4, -0.2) is 29.0 Å². The van der Waals surface area contributed by atoms with E-state index in [-0.39, 0.29) is 11.7 Å². The number of hydrogen-bond acceptors (Lipinski definition) is 6. The van der Waals surface area contributed by atoms with E-state index in [2.05, 4.69) is 15.5 Å². The SMILES string of the molecule is COc1ccccc1-c1nnc(SCC(=O)Nc2cccc(Cl)c2C)o1. The number of carbonyl (C=O) groups is 1. The average molecular weight is 390 g/mol. The van der Waals surface area contributed by atoms with Crippen LogP contribution in [0.15, 0.2) is 52.1 Å². The number of amides is 1. The van der Waals surface area contributed by atoms with Gasteiger partial charge in [-0.2, -0.15) is 0 Å². The Bertz CT molecular complexity index is 930. The first kappa shape index (κ1) is 18.3. The minimum absolute atomic E-state index is 0.138. The number of benzene rings is 2. The second-order valence-electron chi connectivity index (χ2n) is 5.32. The van der Waals surface area contributed by atoms with Crippen molar-refractivity contribution in [1.82, 2.24) is 10.2 Å². The molecular formula is C18H16ClN3O3S. The standard InChI is InChI=1S/C18H16ClN3O3S/c1-11-13(19)7-5-8-14(11)20-16(23)10-26-18-22-21-17(25-18)12-6-3-4-9-15(12)24-2/h3-9H,10H2,1-2H3,(H,20,23). The van der Waals surface area contributed by atoms with Gasteiger partial charge in [0.15, 0.2) is 0 Å². The van der Waals surface area contributed by atoms with Crippen molar-refractivity contribution in [2.24, 2.45) is 0 Å². The lowest BCUT2D eigenvalue weighted by atomic mass is 10.2. The summed E-state index contributed by atoms with van der Waals surface area (Å²) < 4.78 is 10.9. The Balaban J connectivity index is 1.63. The summed E-state index contributed by atoms with van der Waals surface area (Å²) in [6.07, 6.45) is 0.